The molecule has 1 saturated carbocycles. The molecular weight excluding hydrogens is 404 g/mol. The van der Waals surface area contributed by atoms with E-state index in [-0.39, 0.29) is 12.0 Å². The highest BCUT2D eigenvalue weighted by Crippen LogP contribution is 2.32. The Morgan fingerprint density at radius 1 is 1.00 bits per heavy atom. The van der Waals surface area contributed by atoms with Crippen molar-refractivity contribution in [3.05, 3.63) is 71.8 Å². The van der Waals surface area contributed by atoms with Gasteiger partial charge in [0.05, 0.1) is 19.4 Å². The second-order valence-corrected chi connectivity index (χ2v) is 7.89. The van der Waals surface area contributed by atoms with Crippen molar-refractivity contribution in [3.8, 4) is 11.5 Å². The zero-order valence-electron chi connectivity index (χ0n) is 18.4. The summed E-state index contributed by atoms with van der Waals surface area (Å²) in [5.41, 5.74) is 4.16. The summed E-state index contributed by atoms with van der Waals surface area (Å²) in [6, 6.07) is 19.4. The van der Waals surface area contributed by atoms with Gasteiger partial charge < -0.3 is 14.2 Å². The van der Waals surface area contributed by atoms with E-state index in [1.54, 1.807) is 13.3 Å². The van der Waals surface area contributed by atoms with Crippen LogP contribution in [0.3, 0.4) is 0 Å². The smallest absolute Gasteiger partial charge is 0.273 e. The van der Waals surface area contributed by atoms with Crippen LogP contribution in [0, 0.1) is 0 Å². The molecule has 1 unspecified atom stereocenters. The number of hydrogen-bond donors (Lipinski definition) is 1. The third-order valence-corrected chi connectivity index (χ3v) is 5.72. The van der Waals surface area contributed by atoms with Crippen molar-refractivity contribution in [2.45, 2.75) is 37.9 Å². The van der Waals surface area contributed by atoms with Crippen LogP contribution in [0.15, 0.2) is 65.8 Å². The van der Waals surface area contributed by atoms with Gasteiger partial charge in [0.1, 0.15) is 0 Å². The number of hydrogen-bond acceptors (Lipinski definition) is 5. The van der Waals surface area contributed by atoms with E-state index in [9.17, 15) is 4.79 Å². The summed E-state index contributed by atoms with van der Waals surface area (Å²) in [5, 5.41) is 6.29. The molecule has 0 aliphatic heterocycles. The molecule has 0 aromatic heterocycles. The lowest BCUT2D eigenvalue weighted by Crippen LogP contribution is -2.26. The van der Waals surface area contributed by atoms with Gasteiger partial charge in [-0.05, 0) is 71.8 Å². The van der Waals surface area contributed by atoms with Crippen molar-refractivity contribution in [1.29, 1.82) is 0 Å². The van der Waals surface area contributed by atoms with Crippen molar-refractivity contribution in [3.63, 3.8) is 0 Å². The van der Waals surface area contributed by atoms with E-state index in [1.807, 2.05) is 60.7 Å². The lowest BCUT2D eigenvalue weighted by molar-refractivity contribution is -0.131. The fourth-order valence-electron chi connectivity index (χ4n) is 4.05. The molecule has 3 aromatic carbocycles. The molecule has 3 aromatic rings. The minimum absolute atomic E-state index is 0.222. The third kappa shape index (κ3) is 5.08. The van der Waals surface area contributed by atoms with Crippen molar-refractivity contribution < 1.29 is 19.0 Å². The minimum atomic E-state index is -0.756. The SMILES string of the molecule is COc1ccc(C=NNC(=O)C(OC)c2ccc3ccccc3c2)cc1OC1CCCC1. The number of amides is 1. The summed E-state index contributed by atoms with van der Waals surface area (Å²) in [4.78, 5) is 12.7. The average molecular weight is 433 g/mol. The molecule has 1 atom stereocenters. The highest BCUT2D eigenvalue weighted by Gasteiger charge is 2.20. The van der Waals surface area contributed by atoms with Crippen molar-refractivity contribution >= 4 is 22.9 Å². The Bertz CT molecular complexity index is 1110. The predicted octanol–water partition coefficient (Wildman–Crippen LogP) is 5.01. The highest BCUT2D eigenvalue weighted by atomic mass is 16.5. The number of carbonyl (C=O) groups is 1. The van der Waals surface area contributed by atoms with Crippen LogP contribution in [0.25, 0.3) is 10.8 Å². The highest BCUT2D eigenvalue weighted by molar-refractivity contribution is 5.88. The molecule has 166 valence electrons. The van der Waals surface area contributed by atoms with Gasteiger partial charge in [-0.1, -0.05) is 36.4 Å². The number of methoxy groups -OCH3 is 2. The average Bonchev–Trinajstić information content (AvgIpc) is 3.33. The summed E-state index contributed by atoms with van der Waals surface area (Å²) in [7, 11) is 3.14. The first-order chi connectivity index (χ1) is 15.7. The normalized spacial score (nSPS) is 15.2. The maximum Gasteiger partial charge on any atom is 0.273 e. The fraction of sp³-hybridized carbons (Fsp3) is 0.308. The zero-order valence-corrected chi connectivity index (χ0v) is 18.4. The molecule has 0 spiro atoms. The van der Waals surface area contributed by atoms with E-state index in [2.05, 4.69) is 10.5 Å². The molecule has 4 rings (SSSR count). The lowest BCUT2D eigenvalue weighted by Gasteiger charge is -2.16. The van der Waals surface area contributed by atoms with Gasteiger partial charge >= 0.3 is 0 Å². The first-order valence-electron chi connectivity index (χ1n) is 10.9. The van der Waals surface area contributed by atoms with Gasteiger partial charge in [-0.3, -0.25) is 4.79 Å². The molecule has 1 fully saturated rings. The molecule has 0 heterocycles. The number of nitrogens with zero attached hydrogens (tertiary/aromatic N) is 1. The second kappa shape index (κ2) is 10.3. The molecule has 6 nitrogen and oxygen atoms in total. The monoisotopic (exact) mass is 432 g/mol. The Kier molecular flexibility index (Phi) is 7.02. The largest absolute Gasteiger partial charge is 0.493 e. The van der Waals surface area contributed by atoms with Gasteiger partial charge in [0.25, 0.3) is 5.91 Å². The number of nitrogens with one attached hydrogen (secondary N) is 1. The number of hydrazone groups is 1. The molecule has 1 amide bonds. The van der Waals surface area contributed by atoms with Gasteiger partial charge in [0.2, 0.25) is 0 Å². The fourth-order valence-corrected chi connectivity index (χ4v) is 4.05. The van der Waals surface area contributed by atoms with Gasteiger partial charge in [-0.15, -0.1) is 0 Å². The van der Waals surface area contributed by atoms with Crippen molar-refractivity contribution in [2.24, 2.45) is 5.10 Å². The van der Waals surface area contributed by atoms with Crippen LogP contribution < -0.4 is 14.9 Å². The van der Waals surface area contributed by atoms with Crippen LogP contribution in [0.4, 0.5) is 0 Å². The van der Waals surface area contributed by atoms with Crippen LogP contribution >= 0.6 is 0 Å². The van der Waals surface area contributed by atoms with Gasteiger partial charge in [-0.2, -0.15) is 5.10 Å². The van der Waals surface area contributed by atoms with Gasteiger partial charge in [-0.25, -0.2) is 5.43 Å². The predicted molar refractivity (Wildman–Crippen MR) is 125 cm³/mol. The Morgan fingerprint density at radius 2 is 1.78 bits per heavy atom. The molecule has 6 heteroatoms. The molecule has 0 radical (unpaired) electrons. The van der Waals surface area contributed by atoms with Gasteiger partial charge in [0.15, 0.2) is 17.6 Å². The molecule has 1 aliphatic carbocycles. The lowest BCUT2D eigenvalue weighted by atomic mass is 10.0. The van der Waals surface area contributed by atoms with E-state index in [0.717, 1.165) is 34.7 Å². The number of fused-ring (bicyclic) bond motifs is 1. The van der Waals surface area contributed by atoms with E-state index in [1.165, 1.54) is 20.0 Å². The number of benzene rings is 3. The summed E-state index contributed by atoms with van der Waals surface area (Å²) in [6.45, 7) is 0. The first kappa shape index (κ1) is 21.8. The van der Waals surface area contributed by atoms with Crippen molar-refractivity contribution in [2.75, 3.05) is 14.2 Å². The van der Waals surface area contributed by atoms with Gasteiger partial charge in [0, 0.05) is 7.11 Å². The molecule has 32 heavy (non-hydrogen) atoms. The maximum atomic E-state index is 12.7. The number of carbonyl (C=O) groups excluding carboxylic acids is 1. The molecule has 0 bridgehead atoms. The Labute approximate surface area is 188 Å². The Balaban J connectivity index is 1.44. The second-order valence-electron chi connectivity index (χ2n) is 7.89. The summed E-state index contributed by atoms with van der Waals surface area (Å²) >= 11 is 0. The summed E-state index contributed by atoms with van der Waals surface area (Å²) in [5.74, 6) is 1.05. The third-order valence-electron chi connectivity index (χ3n) is 5.72. The van der Waals surface area contributed by atoms with Crippen LogP contribution in [0.5, 0.6) is 11.5 Å². The van der Waals surface area contributed by atoms with Crippen molar-refractivity contribution in [1.82, 2.24) is 5.43 Å². The summed E-state index contributed by atoms with van der Waals surface area (Å²) < 4.78 is 17.0. The first-order valence-corrected chi connectivity index (χ1v) is 10.9. The summed E-state index contributed by atoms with van der Waals surface area (Å²) in [6.07, 6.45) is 5.56. The van der Waals surface area contributed by atoms with E-state index in [0.29, 0.717) is 11.5 Å². The van der Waals surface area contributed by atoms with Crippen LogP contribution in [0.1, 0.15) is 42.9 Å². The maximum absolute atomic E-state index is 12.7. The topological polar surface area (TPSA) is 69.2 Å². The molecule has 1 aliphatic rings. The number of ether oxygens (including phenoxy) is 3. The van der Waals surface area contributed by atoms with Crippen LogP contribution in [-0.2, 0) is 9.53 Å². The van der Waals surface area contributed by atoms with E-state index in [4.69, 9.17) is 14.2 Å². The van der Waals surface area contributed by atoms with Crippen LogP contribution in [0.2, 0.25) is 0 Å². The molecule has 1 N–H and O–H groups in total. The Hall–Kier alpha value is -3.38. The zero-order chi connectivity index (χ0) is 22.3. The van der Waals surface area contributed by atoms with E-state index >= 15 is 0 Å². The molecule has 0 saturated heterocycles. The quantitative estimate of drug-likeness (QED) is 0.401. The molecular formula is C26H28N2O4. The van der Waals surface area contributed by atoms with E-state index < -0.39 is 6.10 Å². The Morgan fingerprint density at radius 3 is 2.53 bits per heavy atom. The number of rotatable bonds is 8. The standard InChI is InChI=1S/C26H28N2O4/c1-30-23-14-11-18(15-24(23)32-22-9-5-6-10-22)17-27-28-26(29)25(31-2)21-13-12-19-7-3-4-8-20(19)16-21/h3-4,7-8,11-17,22,25H,5-6,9-10H2,1-2H3,(H,28,29). The minimum Gasteiger partial charge on any atom is -0.493 e. The van der Waals surface area contributed by atoms with Crippen LogP contribution in [-0.4, -0.2) is 32.4 Å².